The molecule has 0 saturated heterocycles. The fourth-order valence-corrected chi connectivity index (χ4v) is 3.10. The van der Waals surface area contributed by atoms with Crippen LogP contribution in [0.4, 0.5) is 17.1 Å². The van der Waals surface area contributed by atoms with Crippen molar-refractivity contribution in [2.45, 2.75) is 20.8 Å². The van der Waals surface area contributed by atoms with Gasteiger partial charge in [0.05, 0.1) is 17.1 Å². The summed E-state index contributed by atoms with van der Waals surface area (Å²) in [5, 5.41) is 8.53. The number of nitrogens with zero attached hydrogens (tertiary/aromatic N) is 5. The van der Waals surface area contributed by atoms with Crippen LogP contribution in [0.15, 0.2) is 69.6 Å². The first-order valence-electron chi connectivity index (χ1n) is 9.17. The van der Waals surface area contributed by atoms with Crippen LogP contribution in [-0.2, 0) is 7.05 Å². The molecule has 1 aromatic heterocycles. The van der Waals surface area contributed by atoms with Crippen LogP contribution in [0.25, 0.3) is 5.69 Å². The first-order chi connectivity index (χ1) is 13.1. The monoisotopic (exact) mass is 363 g/mol. The lowest BCUT2D eigenvalue weighted by Gasteiger charge is -2.20. The number of azo groups is 1. The molecule has 0 aliphatic heterocycles. The van der Waals surface area contributed by atoms with Gasteiger partial charge in [0.25, 0.3) is 5.56 Å². The largest absolute Gasteiger partial charge is 0.372 e. The highest BCUT2D eigenvalue weighted by molar-refractivity contribution is 5.53. The molecule has 0 spiro atoms. The highest BCUT2D eigenvalue weighted by Crippen LogP contribution is 2.23. The quantitative estimate of drug-likeness (QED) is 0.594. The Kier molecular flexibility index (Phi) is 5.54. The van der Waals surface area contributed by atoms with Crippen molar-refractivity contribution >= 4 is 17.1 Å². The number of rotatable bonds is 6. The topological polar surface area (TPSA) is 54.9 Å². The molecule has 3 aromatic rings. The van der Waals surface area contributed by atoms with Crippen LogP contribution in [0.2, 0.25) is 0 Å². The van der Waals surface area contributed by atoms with Crippen LogP contribution < -0.4 is 10.5 Å². The molecule has 0 amide bonds. The van der Waals surface area contributed by atoms with Gasteiger partial charge in [-0.05, 0) is 57.2 Å². The number of aromatic nitrogens is 2. The minimum Gasteiger partial charge on any atom is -0.372 e. The van der Waals surface area contributed by atoms with Gasteiger partial charge in [0.2, 0.25) is 0 Å². The SMILES string of the molecule is CCN(CC)c1ccc(N=Nc2c(C)n(C)n(-c3ccccc3)c2=O)cc1. The Labute approximate surface area is 159 Å². The minimum absolute atomic E-state index is 0.176. The first kappa shape index (κ1) is 18.6. The summed E-state index contributed by atoms with van der Waals surface area (Å²) in [4.78, 5) is 15.1. The molecule has 0 saturated carbocycles. The van der Waals surface area contributed by atoms with E-state index in [0.29, 0.717) is 5.69 Å². The van der Waals surface area contributed by atoms with Gasteiger partial charge in [-0.1, -0.05) is 18.2 Å². The third kappa shape index (κ3) is 3.69. The van der Waals surface area contributed by atoms with E-state index in [0.717, 1.165) is 35.8 Å². The number of anilines is 1. The lowest BCUT2D eigenvalue weighted by atomic mass is 10.2. The summed E-state index contributed by atoms with van der Waals surface area (Å²) in [5.74, 6) is 0. The van der Waals surface area contributed by atoms with Crippen molar-refractivity contribution < 1.29 is 0 Å². The molecule has 3 rings (SSSR count). The molecule has 6 heteroatoms. The summed E-state index contributed by atoms with van der Waals surface area (Å²) < 4.78 is 3.41. The fraction of sp³-hybridized carbons (Fsp3) is 0.286. The van der Waals surface area contributed by atoms with Gasteiger partial charge >= 0.3 is 0 Å². The zero-order valence-electron chi connectivity index (χ0n) is 16.3. The van der Waals surface area contributed by atoms with Crippen LogP contribution in [0.5, 0.6) is 0 Å². The van der Waals surface area contributed by atoms with Crippen molar-refractivity contribution in [3.8, 4) is 5.69 Å². The maximum absolute atomic E-state index is 12.8. The van der Waals surface area contributed by atoms with Crippen molar-refractivity contribution in [2.75, 3.05) is 18.0 Å². The molecule has 0 radical (unpaired) electrons. The van der Waals surface area contributed by atoms with Crippen molar-refractivity contribution in [1.82, 2.24) is 9.36 Å². The zero-order chi connectivity index (χ0) is 19.4. The van der Waals surface area contributed by atoms with Crippen molar-refractivity contribution in [3.05, 3.63) is 70.6 Å². The molecule has 140 valence electrons. The Morgan fingerprint density at radius 3 is 2.15 bits per heavy atom. The van der Waals surface area contributed by atoms with Gasteiger partial charge in [-0.3, -0.25) is 9.48 Å². The average molecular weight is 363 g/mol. The summed E-state index contributed by atoms with van der Waals surface area (Å²) in [7, 11) is 1.85. The second-order valence-electron chi connectivity index (χ2n) is 6.30. The molecule has 0 bridgehead atoms. The molecule has 1 heterocycles. The van der Waals surface area contributed by atoms with Gasteiger partial charge in [0.1, 0.15) is 0 Å². The number of hydrogen-bond donors (Lipinski definition) is 0. The second-order valence-corrected chi connectivity index (χ2v) is 6.30. The molecule has 6 nitrogen and oxygen atoms in total. The Hall–Kier alpha value is -3.15. The predicted octanol–water partition coefficient (Wildman–Crippen LogP) is 4.75. The Morgan fingerprint density at radius 1 is 0.926 bits per heavy atom. The third-order valence-corrected chi connectivity index (χ3v) is 4.77. The summed E-state index contributed by atoms with van der Waals surface area (Å²) >= 11 is 0. The summed E-state index contributed by atoms with van der Waals surface area (Å²) in [6.07, 6.45) is 0. The van der Waals surface area contributed by atoms with E-state index in [9.17, 15) is 4.79 Å². The molecule has 2 aromatic carbocycles. The molecule has 0 atom stereocenters. The molecule has 0 aliphatic carbocycles. The van der Waals surface area contributed by atoms with E-state index in [2.05, 4.69) is 29.0 Å². The first-order valence-corrected chi connectivity index (χ1v) is 9.17. The normalized spacial score (nSPS) is 11.3. The summed E-state index contributed by atoms with van der Waals surface area (Å²) in [5.41, 5.74) is 3.63. The molecule has 0 unspecified atom stereocenters. The fourth-order valence-electron chi connectivity index (χ4n) is 3.10. The van der Waals surface area contributed by atoms with E-state index in [1.54, 1.807) is 9.36 Å². The molecule has 0 N–H and O–H groups in total. The highest BCUT2D eigenvalue weighted by atomic mass is 16.1. The molecule has 0 aliphatic rings. The number of benzene rings is 2. The maximum atomic E-state index is 12.8. The van der Waals surface area contributed by atoms with Crippen molar-refractivity contribution in [1.29, 1.82) is 0 Å². The van der Waals surface area contributed by atoms with Gasteiger partial charge < -0.3 is 4.90 Å². The summed E-state index contributed by atoms with van der Waals surface area (Å²) in [6, 6.07) is 17.4. The Bertz CT molecular complexity index is 980. The van der Waals surface area contributed by atoms with Gasteiger partial charge in [-0.2, -0.15) is 5.11 Å². The molecular weight excluding hydrogens is 338 g/mol. The molecule has 27 heavy (non-hydrogen) atoms. The summed E-state index contributed by atoms with van der Waals surface area (Å²) in [6.45, 7) is 8.05. The average Bonchev–Trinajstić information content (AvgIpc) is 2.91. The lowest BCUT2D eigenvalue weighted by molar-refractivity contribution is 0.630. The van der Waals surface area contributed by atoms with Crippen molar-refractivity contribution in [2.24, 2.45) is 17.3 Å². The number of para-hydroxylation sites is 1. The van der Waals surface area contributed by atoms with Gasteiger partial charge in [0, 0.05) is 25.8 Å². The van der Waals surface area contributed by atoms with Gasteiger partial charge in [-0.25, -0.2) is 4.68 Å². The minimum atomic E-state index is -0.176. The third-order valence-electron chi connectivity index (χ3n) is 4.77. The van der Waals surface area contributed by atoms with Gasteiger partial charge in [-0.15, -0.1) is 5.11 Å². The van der Waals surface area contributed by atoms with Crippen LogP contribution in [0.1, 0.15) is 19.5 Å². The smallest absolute Gasteiger partial charge is 0.299 e. The van der Waals surface area contributed by atoms with Crippen molar-refractivity contribution in [3.63, 3.8) is 0 Å². The number of hydrogen-bond acceptors (Lipinski definition) is 4. The molecule has 0 fully saturated rings. The van der Waals surface area contributed by atoms with E-state index < -0.39 is 0 Å². The van der Waals surface area contributed by atoms with E-state index in [1.165, 1.54) is 0 Å². The van der Waals surface area contributed by atoms with E-state index in [1.807, 2.05) is 68.6 Å². The maximum Gasteiger partial charge on any atom is 0.299 e. The lowest BCUT2D eigenvalue weighted by Crippen LogP contribution is -2.21. The second kappa shape index (κ2) is 8.03. The van der Waals surface area contributed by atoms with E-state index in [4.69, 9.17) is 0 Å². The Morgan fingerprint density at radius 2 is 1.56 bits per heavy atom. The Balaban J connectivity index is 1.91. The molecular formula is C21H25N5O. The van der Waals surface area contributed by atoms with Crippen LogP contribution in [0.3, 0.4) is 0 Å². The standard InChI is InChI=1S/C21H25N5O/c1-5-25(6-2)18-14-12-17(13-15-18)22-23-20-16(3)24(4)26(21(20)27)19-10-8-7-9-11-19/h7-15H,5-6H2,1-4H3. The van der Waals surface area contributed by atoms with Gasteiger partial charge in [0.15, 0.2) is 5.69 Å². The van der Waals surface area contributed by atoms with Crippen LogP contribution >= 0.6 is 0 Å². The van der Waals surface area contributed by atoms with E-state index >= 15 is 0 Å². The highest BCUT2D eigenvalue weighted by Gasteiger charge is 2.15. The zero-order valence-corrected chi connectivity index (χ0v) is 16.3. The predicted molar refractivity (Wildman–Crippen MR) is 110 cm³/mol. The van der Waals surface area contributed by atoms with Crippen LogP contribution in [0, 0.1) is 6.92 Å². The van der Waals surface area contributed by atoms with E-state index in [-0.39, 0.29) is 5.56 Å². The van der Waals surface area contributed by atoms with Crippen LogP contribution in [-0.4, -0.2) is 22.5 Å².